The van der Waals surface area contributed by atoms with E-state index >= 15 is 0 Å². The van der Waals surface area contributed by atoms with Crippen molar-refractivity contribution in [3.05, 3.63) is 24.3 Å². The van der Waals surface area contributed by atoms with Crippen LogP contribution in [0.25, 0.3) is 0 Å². The number of phosphoric ester groups is 2. The second-order valence-electron chi connectivity index (χ2n) is 28.4. The van der Waals surface area contributed by atoms with E-state index in [2.05, 4.69) is 65.8 Å². The van der Waals surface area contributed by atoms with Crippen LogP contribution in [0.4, 0.5) is 0 Å². The third-order valence-corrected chi connectivity index (χ3v) is 19.5. The molecule has 97 heavy (non-hydrogen) atoms. The van der Waals surface area contributed by atoms with Gasteiger partial charge in [-0.3, -0.25) is 37.3 Å². The largest absolute Gasteiger partial charge is 0.472 e. The first-order valence-corrected chi connectivity index (χ1v) is 42.8. The molecule has 0 rings (SSSR count). The van der Waals surface area contributed by atoms with Gasteiger partial charge in [0, 0.05) is 25.7 Å². The van der Waals surface area contributed by atoms with E-state index in [0.29, 0.717) is 25.7 Å². The summed E-state index contributed by atoms with van der Waals surface area (Å²) in [4.78, 5) is 72.8. The molecule has 0 aromatic carbocycles. The van der Waals surface area contributed by atoms with Crippen molar-refractivity contribution in [3.63, 3.8) is 0 Å². The SMILES string of the molecule is CCCCCC/C=C\C=C/CCCCCCCC(=O)O[C@H](COC(=O)CCCCCCCCCCC)COP(=O)(O)OC[C@H](O)COP(=O)(O)OC[C@@H](COC(=O)CCCCCCCCCCCCCCCC(C)C)OC(=O)CCCCCCCCCCCCCCCCC(C)C. The average Bonchev–Trinajstić information content (AvgIpc) is 1.18. The summed E-state index contributed by atoms with van der Waals surface area (Å²) in [6.45, 7) is 9.57. The first-order chi connectivity index (χ1) is 46.9. The van der Waals surface area contributed by atoms with Crippen LogP contribution in [0.5, 0.6) is 0 Å². The summed E-state index contributed by atoms with van der Waals surface area (Å²) in [7, 11) is -9.93. The maximum absolute atomic E-state index is 13.1. The number of hydrogen-bond donors (Lipinski definition) is 3. The second kappa shape index (κ2) is 69.3. The van der Waals surface area contributed by atoms with Crippen LogP contribution in [0.2, 0.25) is 0 Å². The molecule has 0 aromatic heterocycles. The Balaban J connectivity index is 5.27. The molecule has 0 fully saturated rings. The van der Waals surface area contributed by atoms with Gasteiger partial charge in [-0.2, -0.15) is 0 Å². The summed E-state index contributed by atoms with van der Waals surface area (Å²) < 4.78 is 68.5. The smallest absolute Gasteiger partial charge is 0.462 e. The van der Waals surface area contributed by atoms with Gasteiger partial charge in [-0.15, -0.1) is 0 Å². The maximum Gasteiger partial charge on any atom is 0.472 e. The highest BCUT2D eigenvalue weighted by atomic mass is 31.2. The van der Waals surface area contributed by atoms with E-state index in [1.54, 1.807) is 0 Å². The minimum atomic E-state index is -4.96. The summed E-state index contributed by atoms with van der Waals surface area (Å²) in [6, 6.07) is 0. The normalized spacial score (nSPS) is 14.1. The molecule has 0 spiro atoms. The molecule has 0 amide bonds. The Labute approximate surface area is 592 Å². The van der Waals surface area contributed by atoms with E-state index < -0.39 is 97.5 Å². The number of unbranched alkanes of at least 4 members (excludes halogenated alkanes) is 42. The zero-order valence-electron chi connectivity index (χ0n) is 62.9. The van der Waals surface area contributed by atoms with Crippen molar-refractivity contribution >= 4 is 39.5 Å². The lowest BCUT2D eigenvalue weighted by Crippen LogP contribution is -2.30. The minimum absolute atomic E-state index is 0.0850. The van der Waals surface area contributed by atoms with Gasteiger partial charge in [0.25, 0.3) is 0 Å². The molecule has 3 N–H and O–H groups in total. The predicted octanol–water partition coefficient (Wildman–Crippen LogP) is 22.7. The van der Waals surface area contributed by atoms with Crippen LogP contribution in [-0.2, 0) is 65.4 Å². The minimum Gasteiger partial charge on any atom is -0.462 e. The van der Waals surface area contributed by atoms with Gasteiger partial charge < -0.3 is 33.8 Å². The van der Waals surface area contributed by atoms with Crippen molar-refractivity contribution in [3.8, 4) is 0 Å². The number of rotatable bonds is 75. The third kappa shape index (κ3) is 71.7. The van der Waals surface area contributed by atoms with Crippen molar-refractivity contribution in [2.24, 2.45) is 11.8 Å². The topological polar surface area (TPSA) is 237 Å². The Bertz CT molecular complexity index is 1970. The van der Waals surface area contributed by atoms with Crippen LogP contribution in [0.3, 0.4) is 0 Å². The van der Waals surface area contributed by atoms with E-state index in [9.17, 15) is 43.2 Å². The zero-order chi connectivity index (χ0) is 71.4. The molecule has 0 radical (unpaired) electrons. The number of ether oxygens (including phenoxy) is 4. The van der Waals surface area contributed by atoms with Gasteiger partial charge in [-0.1, -0.05) is 329 Å². The summed E-state index contributed by atoms with van der Waals surface area (Å²) >= 11 is 0. The monoisotopic (exact) mass is 1420 g/mol. The molecule has 5 atom stereocenters. The fraction of sp³-hybridized carbons (Fsp3) is 0.897. The Morgan fingerprint density at radius 3 is 0.845 bits per heavy atom. The summed E-state index contributed by atoms with van der Waals surface area (Å²) in [5.74, 6) is -0.560. The van der Waals surface area contributed by atoms with Crippen LogP contribution < -0.4 is 0 Å². The Morgan fingerprint density at radius 1 is 0.320 bits per heavy atom. The fourth-order valence-electron chi connectivity index (χ4n) is 11.5. The fourth-order valence-corrected chi connectivity index (χ4v) is 13.0. The van der Waals surface area contributed by atoms with Crippen LogP contribution in [0, 0.1) is 11.8 Å². The van der Waals surface area contributed by atoms with Gasteiger partial charge in [0.2, 0.25) is 0 Å². The molecule has 0 saturated carbocycles. The van der Waals surface area contributed by atoms with E-state index in [0.717, 1.165) is 115 Å². The van der Waals surface area contributed by atoms with Gasteiger partial charge >= 0.3 is 39.5 Å². The maximum atomic E-state index is 13.1. The molecule has 0 aliphatic heterocycles. The lowest BCUT2D eigenvalue weighted by atomic mass is 10.0. The number of hydrogen-bond acceptors (Lipinski definition) is 15. The number of aliphatic hydroxyl groups excluding tert-OH is 1. The van der Waals surface area contributed by atoms with E-state index in [1.165, 1.54) is 186 Å². The molecule has 0 aromatic rings. The first-order valence-electron chi connectivity index (χ1n) is 39.8. The van der Waals surface area contributed by atoms with E-state index in [-0.39, 0.29) is 25.7 Å². The molecule has 0 bridgehead atoms. The zero-order valence-corrected chi connectivity index (χ0v) is 64.7. The first kappa shape index (κ1) is 94.5. The van der Waals surface area contributed by atoms with E-state index in [1.807, 2.05) is 0 Å². The van der Waals surface area contributed by atoms with Crippen LogP contribution in [0.1, 0.15) is 382 Å². The van der Waals surface area contributed by atoms with Crippen LogP contribution in [0.15, 0.2) is 24.3 Å². The number of esters is 4. The molecule has 0 saturated heterocycles. The molecule has 0 aliphatic carbocycles. The Hall–Kier alpha value is -2.46. The summed E-state index contributed by atoms with van der Waals surface area (Å²) in [5.41, 5.74) is 0. The molecule has 0 aliphatic rings. The highest BCUT2D eigenvalue weighted by molar-refractivity contribution is 7.47. The van der Waals surface area contributed by atoms with Gasteiger partial charge in [0.15, 0.2) is 12.2 Å². The molecule has 19 heteroatoms. The number of aliphatic hydroxyl groups is 1. The number of carbonyl (C=O) groups is 4. The number of carbonyl (C=O) groups excluding carboxylic acids is 4. The van der Waals surface area contributed by atoms with Crippen molar-refractivity contribution in [1.82, 2.24) is 0 Å². The quantitative estimate of drug-likeness (QED) is 0.0169. The van der Waals surface area contributed by atoms with Crippen molar-refractivity contribution in [2.45, 2.75) is 400 Å². The Morgan fingerprint density at radius 2 is 0.557 bits per heavy atom. The van der Waals surface area contributed by atoms with Crippen molar-refractivity contribution in [1.29, 1.82) is 0 Å². The van der Waals surface area contributed by atoms with Gasteiger partial charge in [0.1, 0.15) is 19.3 Å². The third-order valence-electron chi connectivity index (χ3n) is 17.6. The lowest BCUT2D eigenvalue weighted by molar-refractivity contribution is -0.161. The van der Waals surface area contributed by atoms with E-state index in [4.69, 9.17) is 37.0 Å². The second-order valence-corrected chi connectivity index (χ2v) is 31.3. The molecule has 2 unspecified atom stereocenters. The molecule has 572 valence electrons. The van der Waals surface area contributed by atoms with Gasteiger partial charge in [0.05, 0.1) is 26.4 Å². The molecule has 17 nitrogen and oxygen atoms in total. The predicted molar refractivity (Wildman–Crippen MR) is 395 cm³/mol. The van der Waals surface area contributed by atoms with Crippen LogP contribution in [-0.4, -0.2) is 96.7 Å². The van der Waals surface area contributed by atoms with Gasteiger partial charge in [-0.05, 0) is 63.2 Å². The van der Waals surface area contributed by atoms with Crippen LogP contribution >= 0.6 is 15.6 Å². The van der Waals surface area contributed by atoms with Crippen molar-refractivity contribution < 1.29 is 80.2 Å². The van der Waals surface area contributed by atoms with Crippen molar-refractivity contribution in [2.75, 3.05) is 39.6 Å². The lowest BCUT2D eigenvalue weighted by Gasteiger charge is -2.21. The summed E-state index contributed by atoms with van der Waals surface area (Å²) in [6.07, 6.45) is 60.4. The summed E-state index contributed by atoms with van der Waals surface area (Å²) in [5, 5.41) is 10.6. The molecular weight excluding hydrogens is 1270 g/mol. The van der Waals surface area contributed by atoms with Gasteiger partial charge in [-0.25, -0.2) is 9.13 Å². The highest BCUT2D eigenvalue weighted by Gasteiger charge is 2.30. The number of allylic oxidation sites excluding steroid dienone is 4. The Kier molecular flexibility index (Phi) is 67.5. The number of phosphoric acid groups is 2. The highest BCUT2D eigenvalue weighted by Crippen LogP contribution is 2.45. The standard InChI is InChI=1S/C78H148O17P2/c1-7-9-11-13-15-17-18-19-20-26-32-38-44-50-56-62-77(82)94-73(66-88-75(80)60-54-48-42-34-16-14-12-10-8-2)68-92-96(84,85)90-64-72(79)65-91-97(86,87)93-69-74(67-89-76(81)61-55-49-43-37-31-28-23-25-30-36-41-47-53-59-71(5)6)95-78(83)63-57-51-45-39-33-27-22-21-24-29-35-40-46-52-58-70(3)4/h17-20,70-74,79H,7-16,21-69H2,1-6H3,(H,84,85)(H,86,87)/b18-17-,20-19-/t72-,73+,74+/m0/s1. The average molecular weight is 1420 g/mol. The molecule has 0 heterocycles. The molecular formula is C78H148O17P2.